The minimum Gasteiger partial charge on any atom is -0.271 e. The number of hydrazine groups is 1. The third-order valence-electron chi connectivity index (χ3n) is 3.40. The van der Waals surface area contributed by atoms with Crippen LogP contribution in [0.1, 0.15) is 63.5 Å². The summed E-state index contributed by atoms with van der Waals surface area (Å²) in [5.74, 6) is 5.17. The van der Waals surface area contributed by atoms with E-state index in [1.807, 2.05) is 6.07 Å². The molecule has 0 fully saturated rings. The molecule has 19 heavy (non-hydrogen) atoms. The Morgan fingerprint density at radius 1 is 1.21 bits per heavy atom. The fraction of sp³-hybridized carbons (Fsp3) is 0.600. The van der Waals surface area contributed by atoms with E-state index in [9.17, 15) is 4.39 Å². The summed E-state index contributed by atoms with van der Waals surface area (Å²) >= 11 is 5.98. The zero-order chi connectivity index (χ0) is 14.1. The van der Waals surface area contributed by atoms with Crippen molar-refractivity contribution < 1.29 is 4.39 Å². The Morgan fingerprint density at radius 3 is 2.58 bits per heavy atom. The molecule has 0 aliphatic heterocycles. The van der Waals surface area contributed by atoms with Crippen molar-refractivity contribution >= 4 is 11.6 Å². The Bertz CT molecular complexity index is 371. The lowest BCUT2D eigenvalue weighted by molar-refractivity contribution is 0.475. The summed E-state index contributed by atoms with van der Waals surface area (Å²) in [6, 6.07) is 4.79. The molecule has 1 unspecified atom stereocenters. The molecule has 0 heterocycles. The van der Waals surface area contributed by atoms with E-state index in [-0.39, 0.29) is 16.9 Å². The molecule has 0 saturated carbocycles. The highest BCUT2D eigenvalue weighted by Crippen LogP contribution is 2.28. The summed E-state index contributed by atoms with van der Waals surface area (Å²) in [5, 5.41) is 0.177. The molecular formula is C15H24ClFN2. The van der Waals surface area contributed by atoms with Gasteiger partial charge in [0.2, 0.25) is 0 Å². The SMILES string of the molecule is CCCCCCCCC(NN)c1cccc(F)c1Cl. The number of benzene rings is 1. The lowest BCUT2D eigenvalue weighted by Gasteiger charge is -2.17. The first kappa shape index (κ1) is 16.4. The standard InChI is InChI=1S/C15H24ClFN2/c1-2-3-4-5-6-7-11-14(19-18)12-9-8-10-13(17)15(12)16/h8-10,14,19H,2-7,11,18H2,1H3. The number of rotatable bonds is 9. The molecule has 1 aromatic carbocycles. The van der Waals surface area contributed by atoms with E-state index in [0.717, 1.165) is 18.4 Å². The van der Waals surface area contributed by atoms with Gasteiger partial charge in [-0.1, -0.05) is 69.2 Å². The minimum absolute atomic E-state index is 0.0747. The van der Waals surface area contributed by atoms with Crippen LogP contribution in [0.25, 0.3) is 0 Å². The number of hydrogen-bond donors (Lipinski definition) is 2. The maximum absolute atomic E-state index is 13.4. The van der Waals surface area contributed by atoms with Crippen molar-refractivity contribution in [2.75, 3.05) is 0 Å². The van der Waals surface area contributed by atoms with E-state index in [2.05, 4.69) is 12.3 Å². The zero-order valence-corrected chi connectivity index (χ0v) is 12.3. The molecule has 0 aromatic heterocycles. The number of halogens is 2. The van der Waals surface area contributed by atoms with Crippen molar-refractivity contribution in [2.45, 2.75) is 57.9 Å². The van der Waals surface area contributed by atoms with Gasteiger partial charge in [0.15, 0.2) is 0 Å². The number of hydrogen-bond acceptors (Lipinski definition) is 2. The van der Waals surface area contributed by atoms with Gasteiger partial charge in [-0.15, -0.1) is 0 Å². The van der Waals surface area contributed by atoms with E-state index in [1.165, 1.54) is 38.2 Å². The fourth-order valence-electron chi connectivity index (χ4n) is 2.25. The lowest BCUT2D eigenvalue weighted by atomic mass is 10.00. The molecule has 4 heteroatoms. The van der Waals surface area contributed by atoms with E-state index in [1.54, 1.807) is 6.07 Å². The summed E-state index contributed by atoms with van der Waals surface area (Å²) in [6.45, 7) is 2.21. The Morgan fingerprint density at radius 2 is 1.89 bits per heavy atom. The van der Waals surface area contributed by atoms with Crippen LogP contribution in [0.15, 0.2) is 18.2 Å². The van der Waals surface area contributed by atoms with Crippen LogP contribution < -0.4 is 11.3 Å². The second kappa shape index (κ2) is 9.29. The molecule has 0 aliphatic carbocycles. The van der Waals surface area contributed by atoms with Gasteiger partial charge >= 0.3 is 0 Å². The van der Waals surface area contributed by atoms with Gasteiger partial charge < -0.3 is 0 Å². The van der Waals surface area contributed by atoms with Crippen LogP contribution in [0.2, 0.25) is 5.02 Å². The summed E-state index contributed by atoms with van der Waals surface area (Å²) < 4.78 is 13.4. The topological polar surface area (TPSA) is 38.0 Å². The highest BCUT2D eigenvalue weighted by molar-refractivity contribution is 6.31. The predicted molar refractivity (Wildman–Crippen MR) is 79.5 cm³/mol. The summed E-state index contributed by atoms with van der Waals surface area (Å²) in [6.07, 6.45) is 8.24. The lowest BCUT2D eigenvalue weighted by Crippen LogP contribution is -2.28. The van der Waals surface area contributed by atoms with Gasteiger partial charge in [-0.05, 0) is 18.1 Å². The fourth-order valence-corrected chi connectivity index (χ4v) is 2.50. The van der Waals surface area contributed by atoms with Crippen molar-refractivity contribution in [3.8, 4) is 0 Å². The largest absolute Gasteiger partial charge is 0.271 e. The highest BCUT2D eigenvalue weighted by atomic mass is 35.5. The highest BCUT2D eigenvalue weighted by Gasteiger charge is 2.15. The van der Waals surface area contributed by atoms with E-state index in [4.69, 9.17) is 17.4 Å². The van der Waals surface area contributed by atoms with Crippen LogP contribution in [-0.2, 0) is 0 Å². The van der Waals surface area contributed by atoms with Gasteiger partial charge in [-0.2, -0.15) is 0 Å². The summed E-state index contributed by atoms with van der Waals surface area (Å²) in [4.78, 5) is 0. The first-order valence-electron chi connectivity index (χ1n) is 7.10. The normalized spacial score (nSPS) is 12.6. The smallest absolute Gasteiger partial charge is 0.142 e. The summed E-state index contributed by atoms with van der Waals surface area (Å²) in [5.41, 5.74) is 3.49. The monoisotopic (exact) mass is 286 g/mol. The number of unbranched alkanes of at least 4 members (excludes halogenated alkanes) is 5. The molecule has 2 nitrogen and oxygen atoms in total. The Hall–Kier alpha value is -0.640. The molecule has 0 spiro atoms. The molecule has 1 rings (SSSR count). The van der Waals surface area contributed by atoms with Gasteiger partial charge in [0.05, 0.1) is 5.02 Å². The van der Waals surface area contributed by atoms with Crippen molar-refractivity contribution in [3.05, 3.63) is 34.6 Å². The third-order valence-corrected chi connectivity index (χ3v) is 3.80. The second-order valence-electron chi connectivity index (χ2n) is 4.92. The number of nitrogens with one attached hydrogen (secondary N) is 1. The Labute approximate surface area is 120 Å². The molecule has 1 aromatic rings. The van der Waals surface area contributed by atoms with Gasteiger partial charge in [-0.3, -0.25) is 11.3 Å². The number of nitrogens with two attached hydrogens (primary N) is 1. The van der Waals surface area contributed by atoms with Crippen LogP contribution in [0, 0.1) is 5.82 Å². The molecule has 3 N–H and O–H groups in total. The summed E-state index contributed by atoms with van der Waals surface area (Å²) in [7, 11) is 0. The first-order chi connectivity index (χ1) is 9.20. The Balaban J connectivity index is 2.43. The molecule has 0 bridgehead atoms. The van der Waals surface area contributed by atoms with Crippen molar-refractivity contribution in [1.29, 1.82) is 0 Å². The van der Waals surface area contributed by atoms with Crippen LogP contribution in [0.4, 0.5) is 4.39 Å². The van der Waals surface area contributed by atoms with Gasteiger partial charge in [0.25, 0.3) is 0 Å². The van der Waals surface area contributed by atoms with Crippen LogP contribution in [-0.4, -0.2) is 0 Å². The third kappa shape index (κ3) is 5.47. The van der Waals surface area contributed by atoms with Crippen molar-refractivity contribution in [1.82, 2.24) is 5.43 Å². The maximum atomic E-state index is 13.4. The zero-order valence-electron chi connectivity index (χ0n) is 11.6. The van der Waals surface area contributed by atoms with Crippen molar-refractivity contribution in [3.63, 3.8) is 0 Å². The van der Waals surface area contributed by atoms with Gasteiger partial charge in [0.1, 0.15) is 5.82 Å². The van der Waals surface area contributed by atoms with Gasteiger partial charge in [-0.25, -0.2) is 4.39 Å². The Kier molecular flexibility index (Phi) is 8.03. The molecule has 0 aliphatic rings. The first-order valence-corrected chi connectivity index (χ1v) is 7.48. The van der Waals surface area contributed by atoms with E-state index < -0.39 is 0 Å². The predicted octanol–water partition coefficient (Wildman–Crippen LogP) is 4.73. The molecule has 108 valence electrons. The minimum atomic E-state index is -0.387. The molecular weight excluding hydrogens is 263 g/mol. The molecule has 0 radical (unpaired) electrons. The van der Waals surface area contributed by atoms with Crippen LogP contribution in [0.5, 0.6) is 0 Å². The van der Waals surface area contributed by atoms with Crippen LogP contribution in [0.3, 0.4) is 0 Å². The maximum Gasteiger partial charge on any atom is 0.142 e. The van der Waals surface area contributed by atoms with E-state index >= 15 is 0 Å². The van der Waals surface area contributed by atoms with Gasteiger partial charge in [0, 0.05) is 6.04 Å². The van der Waals surface area contributed by atoms with Crippen molar-refractivity contribution in [2.24, 2.45) is 5.84 Å². The van der Waals surface area contributed by atoms with E-state index in [0.29, 0.717) is 0 Å². The molecule has 0 saturated heterocycles. The molecule has 1 atom stereocenters. The van der Waals surface area contributed by atoms with Crippen LogP contribution >= 0.6 is 11.6 Å². The average Bonchev–Trinajstić information content (AvgIpc) is 2.42. The second-order valence-corrected chi connectivity index (χ2v) is 5.30. The molecule has 0 amide bonds. The average molecular weight is 287 g/mol. The quantitative estimate of drug-likeness (QED) is 0.391.